The van der Waals surface area contributed by atoms with E-state index in [0.29, 0.717) is 10.5 Å². The van der Waals surface area contributed by atoms with E-state index in [9.17, 15) is 9.90 Å². The number of imidazole rings is 1. The van der Waals surface area contributed by atoms with Crippen molar-refractivity contribution in [3.63, 3.8) is 0 Å². The third kappa shape index (κ3) is 1.94. The van der Waals surface area contributed by atoms with E-state index in [2.05, 4.69) is 4.98 Å². The number of fused-ring (bicyclic) bond motifs is 1. The molecule has 0 atom stereocenters. The van der Waals surface area contributed by atoms with Crippen LogP contribution in [0.4, 0.5) is 0 Å². The number of hydrogen-bond donors (Lipinski definition) is 1. The second-order valence-electron chi connectivity index (χ2n) is 4.53. The summed E-state index contributed by atoms with van der Waals surface area (Å²) in [5.74, 6) is -0.984. The molecule has 100 valence electrons. The van der Waals surface area contributed by atoms with Gasteiger partial charge in [0, 0.05) is 10.7 Å². The zero-order valence-corrected chi connectivity index (χ0v) is 11.4. The van der Waals surface area contributed by atoms with Crippen molar-refractivity contribution in [2.45, 2.75) is 6.92 Å². The van der Waals surface area contributed by atoms with Gasteiger partial charge in [0.2, 0.25) is 0 Å². The van der Waals surface area contributed by atoms with Crippen molar-refractivity contribution < 1.29 is 9.90 Å². The van der Waals surface area contributed by atoms with E-state index >= 15 is 0 Å². The van der Waals surface area contributed by atoms with Gasteiger partial charge in [0.15, 0.2) is 0 Å². The Morgan fingerprint density at radius 2 is 2.10 bits per heavy atom. The number of para-hydroxylation sites is 1. The number of halogens is 1. The summed E-state index contributed by atoms with van der Waals surface area (Å²) in [6.45, 7) is 1.93. The first-order chi connectivity index (χ1) is 9.58. The first kappa shape index (κ1) is 12.7. The van der Waals surface area contributed by atoms with E-state index in [4.69, 9.17) is 11.6 Å². The molecule has 1 aromatic heterocycles. The molecule has 1 N–H and O–H groups in total. The van der Waals surface area contributed by atoms with E-state index in [1.807, 2.05) is 35.8 Å². The van der Waals surface area contributed by atoms with Gasteiger partial charge in [-0.15, -0.1) is 0 Å². The fraction of sp³-hybridized carbons (Fsp3) is 0.0667. The van der Waals surface area contributed by atoms with Crippen LogP contribution in [0.3, 0.4) is 0 Å². The van der Waals surface area contributed by atoms with Crippen LogP contribution < -0.4 is 0 Å². The number of carbonyl (C=O) groups is 1. The molecule has 0 bridgehead atoms. The minimum atomic E-state index is -0.984. The van der Waals surface area contributed by atoms with E-state index in [1.165, 1.54) is 0 Å². The van der Waals surface area contributed by atoms with Crippen LogP contribution in [0.1, 0.15) is 15.9 Å². The van der Waals surface area contributed by atoms with Crippen molar-refractivity contribution in [3.8, 4) is 5.69 Å². The molecule has 4 nitrogen and oxygen atoms in total. The highest BCUT2D eigenvalue weighted by atomic mass is 35.5. The fourth-order valence-electron chi connectivity index (χ4n) is 2.15. The minimum absolute atomic E-state index is 0.194. The van der Waals surface area contributed by atoms with Gasteiger partial charge in [0.25, 0.3) is 0 Å². The largest absolute Gasteiger partial charge is 0.478 e. The van der Waals surface area contributed by atoms with Crippen molar-refractivity contribution in [1.29, 1.82) is 0 Å². The monoisotopic (exact) mass is 286 g/mol. The summed E-state index contributed by atoms with van der Waals surface area (Å²) >= 11 is 6.14. The van der Waals surface area contributed by atoms with Gasteiger partial charge in [-0.2, -0.15) is 0 Å². The molecule has 0 spiro atoms. The second kappa shape index (κ2) is 4.65. The van der Waals surface area contributed by atoms with Crippen LogP contribution in [-0.2, 0) is 0 Å². The highest BCUT2D eigenvalue weighted by Crippen LogP contribution is 2.24. The first-order valence-corrected chi connectivity index (χ1v) is 6.41. The summed E-state index contributed by atoms with van der Waals surface area (Å²) in [4.78, 5) is 15.4. The number of hydrogen-bond acceptors (Lipinski definition) is 2. The van der Waals surface area contributed by atoms with Gasteiger partial charge in [-0.25, -0.2) is 9.78 Å². The molecular weight excluding hydrogens is 276 g/mol. The van der Waals surface area contributed by atoms with Gasteiger partial charge >= 0.3 is 5.97 Å². The summed E-state index contributed by atoms with van der Waals surface area (Å²) in [5, 5.41) is 9.84. The summed E-state index contributed by atoms with van der Waals surface area (Å²) in [5.41, 5.74) is 3.25. The maximum absolute atomic E-state index is 11.2. The van der Waals surface area contributed by atoms with Crippen LogP contribution in [0, 0.1) is 6.92 Å². The Balaban J connectivity index is 2.25. The quantitative estimate of drug-likeness (QED) is 0.782. The molecule has 2 aromatic carbocycles. The molecule has 3 aromatic rings. The number of carboxylic acids is 1. The smallest absolute Gasteiger partial charge is 0.337 e. The molecule has 0 amide bonds. The standard InChI is InChI=1S/C15H11ClN2O2/c1-9-5-6-10(7-12(9)16)18-8-17-14-11(15(19)20)3-2-4-13(14)18/h2-8H,1H3,(H,19,20). The SMILES string of the molecule is Cc1ccc(-n2cnc3c(C(=O)O)cccc32)cc1Cl. The van der Waals surface area contributed by atoms with Gasteiger partial charge in [0.1, 0.15) is 11.8 Å². The summed E-state index contributed by atoms with van der Waals surface area (Å²) in [6.07, 6.45) is 1.61. The average Bonchev–Trinajstić information content (AvgIpc) is 2.85. The highest BCUT2D eigenvalue weighted by Gasteiger charge is 2.13. The Bertz CT molecular complexity index is 824. The van der Waals surface area contributed by atoms with Crippen molar-refractivity contribution in [2.24, 2.45) is 0 Å². The van der Waals surface area contributed by atoms with Crippen molar-refractivity contribution in [1.82, 2.24) is 9.55 Å². The molecule has 0 unspecified atom stereocenters. The lowest BCUT2D eigenvalue weighted by molar-refractivity contribution is 0.0699. The molecule has 0 aliphatic rings. The fourth-order valence-corrected chi connectivity index (χ4v) is 2.32. The molecule has 0 aliphatic heterocycles. The lowest BCUT2D eigenvalue weighted by Crippen LogP contribution is -1.98. The Labute approximate surface area is 120 Å². The van der Waals surface area contributed by atoms with Crippen LogP contribution in [0.2, 0.25) is 5.02 Å². The average molecular weight is 287 g/mol. The van der Waals surface area contributed by atoms with Crippen LogP contribution in [0.25, 0.3) is 16.7 Å². The summed E-state index contributed by atoms with van der Waals surface area (Å²) in [6, 6.07) is 10.8. The van der Waals surface area contributed by atoms with Gasteiger partial charge < -0.3 is 5.11 Å². The lowest BCUT2D eigenvalue weighted by atomic mass is 10.2. The number of aryl methyl sites for hydroxylation is 1. The second-order valence-corrected chi connectivity index (χ2v) is 4.93. The molecule has 3 rings (SSSR count). The molecule has 0 radical (unpaired) electrons. The number of aromatic carboxylic acids is 1. The molecule has 5 heteroatoms. The molecule has 0 saturated heterocycles. The Morgan fingerprint density at radius 3 is 2.80 bits per heavy atom. The lowest BCUT2D eigenvalue weighted by Gasteiger charge is -2.06. The maximum Gasteiger partial charge on any atom is 0.337 e. The topological polar surface area (TPSA) is 55.1 Å². The van der Waals surface area contributed by atoms with E-state index in [1.54, 1.807) is 18.5 Å². The summed E-state index contributed by atoms with van der Waals surface area (Å²) in [7, 11) is 0. The molecular formula is C15H11ClN2O2. The van der Waals surface area contributed by atoms with E-state index < -0.39 is 5.97 Å². The number of rotatable bonds is 2. The van der Waals surface area contributed by atoms with E-state index in [-0.39, 0.29) is 5.56 Å². The molecule has 0 saturated carbocycles. The van der Waals surface area contributed by atoms with Crippen molar-refractivity contribution in [3.05, 3.63) is 58.9 Å². The van der Waals surface area contributed by atoms with Crippen LogP contribution in [0.15, 0.2) is 42.7 Å². The van der Waals surface area contributed by atoms with Crippen LogP contribution >= 0.6 is 11.6 Å². The van der Waals surface area contributed by atoms with E-state index in [0.717, 1.165) is 16.8 Å². The van der Waals surface area contributed by atoms with Gasteiger partial charge in [0.05, 0.1) is 11.1 Å². The van der Waals surface area contributed by atoms with Crippen LogP contribution in [-0.4, -0.2) is 20.6 Å². The third-order valence-electron chi connectivity index (χ3n) is 3.24. The van der Waals surface area contributed by atoms with Crippen molar-refractivity contribution in [2.75, 3.05) is 0 Å². The van der Waals surface area contributed by atoms with Crippen molar-refractivity contribution >= 4 is 28.6 Å². The number of aromatic nitrogens is 2. The Hall–Kier alpha value is -2.33. The maximum atomic E-state index is 11.2. The zero-order chi connectivity index (χ0) is 14.3. The third-order valence-corrected chi connectivity index (χ3v) is 3.65. The van der Waals surface area contributed by atoms with Gasteiger partial charge in [-0.1, -0.05) is 23.7 Å². The number of carboxylic acid groups (broad SMARTS) is 1. The highest BCUT2D eigenvalue weighted by molar-refractivity contribution is 6.31. The predicted octanol–water partition coefficient (Wildman–Crippen LogP) is 3.69. The predicted molar refractivity (Wildman–Crippen MR) is 77.8 cm³/mol. The normalized spacial score (nSPS) is 10.9. The molecule has 20 heavy (non-hydrogen) atoms. The number of nitrogens with zero attached hydrogens (tertiary/aromatic N) is 2. The molecule has 0 fully saturated rings. The molecule has 1 heterocycles. The summed E-state index contributed by atoms with van der Waals surface area (Å²) < 4.78 is 1.83. The van der Waals surface area contributed by atoms with Crippen LogP contribution in [0.5, 0.6) is 0 Å². The Kier molecular flexibility index (Phi) is 2.95. The van der Waals surface area contributed by atoms with Gasteiger partial charge in [-0.3, -0.25) is 4.57 Å². The van der Waals surface area contributed by atoms with Gasteiger partial charge in [-0.05, 0) is 36.8 Å². The zero-order valence-electron chi connectivity index (χ0n) is 10.7. The minimum Gasteiger partial charge on any atom is -0.478 e. The molecule has 0 aliphatic carbocycles. The number of benzene rings is 2. The first-order valence-electron chi connectivity index (χ1n) is 6.04. The Morgan fingerprint density at radius 1 is 1.30 bits per heavy atom.